The number of nitrogens with one attached hydrogen (secondary N) is 2. The molecule has 0 fully saturated rings. The van der Waals surface area contributed by atoms with E-state index in [1.807, 2.05) is 49.4 Å². The van der Waals surface area contributed by atoms with E-state index in [-0.39, 0.29) is 5.75 Å². The lowest BCUT2D eigenvalue weighted by atomic mass is 10.1. The molecule has 0 aliphatic carbocycles. The Balaban J connectivity index is 1.65. The van der Waals surface area contributed by atoms with E-state index in [2.05, 4.69) is 14.7 Å². The molecule has 2 N–H and O–H groups in total. The highest BCUT2D eigenvalue weighted by atomic mass is 32.2. The van der Waals surface area contributed by atoms with Gasteiger partial charge in [-0.05, 0) is 31.0 Å². The van der Waals surface area contributed by atoms with Crippen LogP contribution in [0.25, 0.3) is 11.3 Å². The zero-order valence-corrected chi connectivity index (χ0v) is 14.2. The van der Waals surface area contributed by atoms with Crippen LogP contribution in [0.5, 0.6) is 0 Å². The van der Waals surface area contributed by atoms with Crippen LogP contribution in [-0.4, -0.2) is 24.1 Å². The maximum absolute atomic E-state index is 12.2. The van der Waals surface area contributed by atoms with Crippen LogP contribution in [0.15, 0.2) is 60.9 Å². The number of hydrogen-bond donors (Lipinski definition) is 2. The van der Waals surface area contributed by atoms with Crippen LogP contribution in [-0.2, 0) is 16.4 Å². The van der Waals surface area contributed by atoms with Gasteiger partial charge in [0.25, 0.3) is 0 Å². The van der Waals surface area contributed by atoms with Gasteiger partial charge in [-0.3, -0.25) is 4.72 Å². The van der Waals surface area contributed by atoms with E-state index < -0.39 is 10.0 Å². The number of H-pyrrole nitrogens is 1. The minimum atomic E-state index is -3.38. The van der Waals surface area contributed by atoms with Gasteiger partial charge >= 0.3 is 0 Å². The highest BCUT2D eigenvalue weighted by molar-refractivity contribution is 7.92. The first-order valence-corrected chi connectivity index (χ1v) is 9.33. The topological polar surface area (TPSA) is 74.8 Å². The predicted molar refractivity (Wildman–Crippen MR) is 96.3 cm³/mol. The van der Waals surface area contributed by atoms with Crippen LogP contribution in [0.3, 0.4) is 0 Å². The summed E-state index contributed by atoms with van der Waals surface area (Å²) in [5.41, 5.74) is 4.35. The fraction of sp³-hybridized carbons (Fsp3) is 0.167. The number of aromatic nitrogens is 2. The number of rotatable bonds is 6. The van der Waals surface area contributed by atoms with Crippen LogP contribution in [0, 0.1) is 6.92 Å². The van der Waals surface area contributed by atoms with Crippen LogP contribution in [0.4, 0.5) is 5.69 Å². The van der Waals surface area contributed by atoms with E-state index in [1.54, 1.807) is 18.5 Å². The number of sulfonamides is 1. The zero-order chi connectivity index (χ0) is 17.0. The molecule has 0 saturated carbocycles. The monoisotopic (exact) mass is 341 g/mol. The van der Waals surface area contributed by atoms with Crippen molar-refractivity contribution in [2.75, 3.05) is 10.5 Å². The van der Waals surface area contributed by atoms with Crippen molar-refractivity contribution < 1.29 is 8.42 Å². The summed E-state index contributed by atoms with van der Waals surface area (Å²) in [6, 6.07) is 16.8. The molecule has 3 rings (SSSR count). The Bertz CT molecular complexity index is 901. The van der Waals surface area contributed by atoms with Crippen LogP contribution in [0.1, 0.15) is 11.3 Å². The summed E-state index contributed by atoms with van der Waals surface area (Å²) in [5.74, 6) is 0.0528. The highest BCUT2D eigenvalue weighted by Crippen LogP contribution is 2.22. The molecule has 0 aliphatic rings. The summed E-state index contributed by atoms with van der Waals surface area (Å²) in [5, 5.41) is 0. The Labute approximate surface area is 141 Å². The molecule has 1 heterocycles. The molecule has 2 aromatic carbocycles. The number of aromatic amines is 1. The second-order valence-electron chi connectivity index (χ2n) is 5.61. The quantitative estimate of drug-likeness (QED) is 0.722. The minimum Gasteiger partial charge on any atom is -0.348 e. The Kier molecular flexibility index (Phi) is 4.66. The normalized spacial score (nSPS) is 11.4. The Morgan fingerprint density at radius 1 is 1.04 bits per heavy atom. The van der Waals surface area contributed by atoms with Crippen molar-refractivity contribution in [1.29, 1.82) is 0 Å². The number of imidazole rings is 1. The molecule has 0 bridgehead atoms. The molecule has 3 aromatic rings. The first-order valence-electron chi connectivity index (χ1n) is 7.68. The second-order valence-corrected chi connectivity index (χ2v) is 7.45. The van der Waals surface area contributed by atoms with Gasteiger partial charge < -0.3 is 4.98 Å². The minimum absolute atomic E-state index is 0.0528. The van der Waals surface area contributed by atoms with Crippen LogP contribution < -0.4 is 4.72 Å². The van der Waals surface area contributed by atoms with Gasteiger partial charge in [-0.25, -0.2) is 13.4 Å². The van der Waals surface area contributed by atoms with Gasteiger partial charge in [-0.2, -0.15) is 0 Å². The van der Waals surface area contributed by atoms with Crippen molar-refractivity contribution in [2.45, 2.75) is 13.3 Å². The van der Waals surface area contributed by atoms with Gasteiger partial charge in [0, 0.05) is 16.9 Å². The summed E-state index contributed by atoms with van der Waals surface area (Å²) >= 11 is 0. The summed E-state index contributed by atoms with van der Waals surface area (Å²) in [4.78, 5) is 7.29. The molecule has 0 unspecified atom stereocenters. The van der Waals surface area contributed by atoms with Crippen molar-refractivity contribution >= 4 is 15.7 Å². The van der Waals surface area contributed by atoms with E-state index in [0.717, 1.165) is 22.5 Å². The maximum atomic E-state index is 12.2. The Morgan fingerprint density at radius 2 is 1.75 bits per heavy atom. The molecule has 5 nitrogen and oxygen atoms in total. The molecule has 0 aliphatic heterocycles. The van der Waals surface area contributed by atoms with Gasteiger partial charge in [0.15, 0.2) is 0 Å². The largest absolute Gasteiger partial charge is 0.348 e. The van der Waals surface area contributed by atoms with Gasteiger partial charge in [-0.15, -0.1) is 0 Å². The molecule has 24 heavy (non-hydrogen) atoms. The average molecular weight is 341 g/mol. The molecule has 124 valence electrons. The summed E-state index contributed by atoms with van der Waals surface area (Å²) in [7, 11) is -3.38. The van der Waals surface area contributed by atoms with Gasteiger partial charge in [0.05, 0.1) is 17.8 Å². The number of aryl methyl sites for hydroxylation is 2. The van der Waals surface area contributed by atoms with Crippen LogP contribution >= 0.6 is 0 Å². The van der Waals surface area contributed by atoms with E-state index in [0.29, 0.717) is 12.1 Å². The lowest BCUT2D eigenvalue weighted by molar-refractivity contribution is 0.600. The van der Waals surface area contributed by atoms with E-state index in [9.17, 15) is 8.42 Å². The molecular weight excluding hydrogens is 322 g/mol. The molecular formula is C18H19N3O2S. The van der Waals surface area contributed by atoms with Crippen molar-refractivity contribution in [2.24, 2.45) is 0 Å². The second kappa shape index (κ2) is 6.88. The molecule has 0 spiro atoms. The average Bonchev–Trinajstić information content (AvgIpc) is 3.01. The first kappa shape index (κ1) is 16.3. The molecule has 0 saturated heterocycles. The van der Waals surface area contributed by atoms with E-state index in [1.165, 1.54) is 0 Å². The van der Waals surface area contributed by atoms with Crippen LogP contribution in [0.2, 0.25) is 0 Å². The molecule has 0 atom stereocenters. The third-order valence-corrected chi connectivity index (χ3v) is 5.05. The maximum Gasteiger partial charge on any atom is 0.233 e. The standard InChI is InChI=1S/C18H19N3O2S/c1-14-18(20-13-19-14)16-7-9-17(10-8-16)21-24(22,23)12-11-15-5-3-2-4-6-15/h2-10,13,21H,11-12H2,1H3,(H,19,20). The molecule has 0 amide bonds. The Morgan fingerprint density at radius 3 is 2.38 bits per heavy atom. The first-order chi connectivity index (χ1) is 11.5. The Hall–Kier alpha value is -2.60. The van der Waals surface area contributed by atoms with Crippen molar-refractivity contribution in [3.05, 3.63) is 72.2 Å². The van der Waals surface area contributed by atoms with E-state index in [4.69, 9.17) is 0 Å². The smallest absolute Gasteiger partial charge is 0.233 e. The molecule has 1 aromatic heterocycles. The summed E-state index contributed by atoms with van der Waals surface area (Å²) < 4.78 is 27.0. The van der Waals surface area contributed by atoms with Crippen molar-refractivity contribution in [3.8, 4) is 11.3 Å². The molecule has 6 heteroatoms. The lowest BCUT2D eigenvalue weighted by Crippen LogP contribution is -2.18. The third-order valence-electron chi connectivity index (χ3n) is 3.76. The third kappa shape index (κ3) is 4.02. The lowest BCUT2D eigenvalue weighted by Gasteiger charge is -2.09. The number of anilines is 1. The zero-order valence-electron chi connectivity index (χ0n) is 13.4. The SMILES string of the molecule is Cc1[nH]cnc1-c1ccc(NS(=O)(=O)CCc2ccccc2)cc1. The number of hydrogen-bond acceptors (Lipinski definition) is 3. The van der Waals surface area contributed by atoms with Crippen molar-refractivity contribution in [3.63, 3.8) is 0 Å². The number of benzene rings is 2. The number of nitrogens with zero attached hydrogens (tertiary/aromatic N) is 1. The summed E-state index contributed by atoms with van der Waals surface area (Å²) in [6.07, 6.45) is 2.13. The highest BCUT2D eigenvalue weighted by Gasteiger charge is 2.11. The van der Waals surface area contributed by atoms with Gasteiger partial charge in [-0.1, -0.05) is 42.5 Å². The fourth-order valence-electron chi connectivity index (χ4n) is 2.47. The van der Waals surface area contributed by atoms with Crippen molar-refractivity contribution in [1.82, 2.24) is 9.97 Å². The summed E-state index contributed by atoms with van der Waals surface area (Å²) in [6.45, 7) is 1.95. The predicted octanol–water partition coefficient (Wildman–Crippen LogP) is 3.37. The fourth-order valence-corrected chi connectivity index (χ4v) is 3.58. The van der Waals surface area contributed by atoms with Gasteiger partial charge in [0.2, 0.25) is 10.0 Å². The van der Waals surface area contributed by atoms with E-state index >= 15 is 0 Å². The van der Waals surface area contributed by atoms with Gasteiger partial charge in [0.1, 0.15) is 0 Å². The molecule has 0 radical (unpaired) electrons.